The van der Waals surface area contributed by atoms with Crippen molar-refractivity contribution >= 4 is 17.4 Å². The van der Waals surface area contributed by atoms with E-state index in [1.807, 2.05) is 6.92 Å². The van der Waals surface area contributed by atoms with Gasteiger partial charge in [0.15, 0.2) is 5.82 Å². The average Bonchev–Trinajstić information content (AvgIpc) is 2.41. The Morgan fingerprint density at radius 1 is 1.47 bits per heavy atom. The van der Waals surface area contributed by atoms with Crippen LogP contribution in [0, 0.1) is 5.82 Å². The first-order chi connectivity index (χ1) is 9.11. The zero-order valence-electron chi connectivity index (χ0n) is 10.4. The highest BCUT2D eigenvalue weighted by Crippen LogP contribution is 2.16. The lowest BCUT2D eigenvalue weighted by molar-refractivity contribution is 0.627. The first-order valence-corrected chi connectivity index (χ1v) is 6.23. The van der Waals surface area contributed by atoms with Gasteiger partial charge in [0.05, 0.1) is 5.02 Å². The molecule has 0 radical (unpaired) electrons. The van der Waals surface area contributed by atoms with Gasteiger partial charge in [0.25, 0.3) is 5.56 Å². The topological polar surface area (TPSA) is 46.9 Å². The summed E-state index contributed by atoms with van der Waals surface area (Å²) in [7, 11) is 0. The van der Waals surface area contributed by atoms with Crippen molar-refractivity contribution in [1.82, 2.24) is 9.55 Å². The van der Waals surface area contributed by atoms with Crippen LogP contribution >= 0.6 is 11.6 Å². The van der Waals surface area contributed by atoms with Crippen LogP contribution in [0.4, 0.5) is 10.2 Å². The number of nitrogens with zero attached hydrogens (tertiary/aromatic N) is 2. The van der Waals surface area contributed by atoms with Crippen molar-refractivity contribution < 1.29 is 4.39 Å². The molecule has 0 fully saturated rings. The summed E-state index contributed by atoms with van der Waals surface area (Å²) in [4.78, 5) is 15.9. The number of nitrogens with one attached hydrogen (secondary N) is 1. The van der Waals surface area contributed by atoms with Gasteiger partial charge in [-0.1, -0.05) is 17.7 Å². The van der Waals surface area contributed by atoms with Crippen molar-refractivity contribution in [3.8, 4) is 0 Å². The number of hydrogen-bond donors (Lipinski definition) is 1. The van der Waals surface area contributed by atoms with Gasteiger partial charge >= 0.3 is 0 Å². The van der Waals surface area contributed by atoms with E-state index in [-0.39, 0.29) is 16.4 Å². The monoisotopic (exact) mass is 281 g/mol. The number of aromatic nitrogens is 2. The molecule has 0 saturated carbocycles. The molecular weight excluding hydrogens is 269 g/mol. The molecule has 0 amide bonds. The van der Waals surface area contributed by atoms with Gasteiger partial charge in [0, 0.05) is 25.5 Å². The second kappa shape index (κ2) is 5.84. The zero-order chi connectivity index (χ0) is 13.8. The molecule has 0 unspecified atom stereocenters. The van der Waals surface area contributed by atoms with Gasteiger partial charge in [-0.2, -0.15) is 0 Å². The molecule has 0 spiro atoms. The van der Waals surface area contributed by atoms with Crippen molar-refractivity contribution in [2.24, 2.45) is 0 Å². The summed E-state index contributed by atoms with van der Waals surface area (Å²) >= 11 is 5.69. The molecule has 0 aliphatic heterocycles. The Labute approximate surface area is 114 Å². The fourth-order valence-corrected chi connectivity index (χ4v) is 1.86. The Balaban J connectivity index is 2.14. The number of halogens is 2. The van der Waals surface area contributed by atoms with Crippen LogP contribution in [0.15, 0.2) is 35.4 Å². The lowest BCUT2D eigenvalue weighted by atomic mass is 10.2. The first kappa shape index (κ1) is 13.5. The molecule has 4 nitrogen and oxygen atoms in total. The molecule has 1 aromatic carbocycles. The molecule has 2 aromatic rings. The summed E-state index contributed by atoms with van der Waals surface area (Å²) in [6.45, 7) is 2.82. The molecule has 1 N–H and O–H groups in total. The van der Waals surface area contributed by atoms with E-state index in [0.29, 0.717) is 13.1 Å². The molecule has 0 saturated heterocycles. The largest absolute Gasteiger partial charge is 0.361 e. The minimum absolute atomic E-state index is 0.0614. The summed E-state index contributed by atoms with van der Waals surface area (Å²) in [5.41, 5.74) is 0.595. The average molecular weight is 282 g/mol. The van der Waals surface area contributed by atoms with E-state index >= 15 is 0 Å². The third-order valence-corrected chi connectivity index (χ3v) is 2.99. The lowest BCUT2D eigenvalue weighted by Gasteiger charge is -2.07. The third kappa shape index (κ3) is 3.12. The number of rotatable bonds is 4. The van der Waals surface area contributed by atoms with E-state index < -0.39 is 5.82 Å². The molecule has 2 rings (SSSR count). The van der Waals surface area contributed by atoms with Crippen LogP contribution in [0.3, 0.4) is 0 Å². The van der Waals surface area contributed by atoms with Crippen molar-refractivity contribution in [2.75, 3.05) is 5.32 Å². The first-order valence-electron chi connectivity index (χ1n) is 5.85. The van der Waals surface area contributed by atoms with E-state index in [0.717, 1.165) is 5.56 Å². The maximum Gasteiger partial charge on any atom is 0.293 e. The van der Waals surface area contributed by atoms with E-state index in [1.165, 1.54) is 12.1 Å². The molecular formula is C13H13ClFN3O. The summed E-state index contributed by atoms with van der Waals surface area (Å²) in [6.07, 6.45) is 3.19. The lowest BCUT2D eigenvalue weighted by Crippen LogP contribution is -2.23. The fraction of sp³-hybridized carbons (Fsp3) is 0.231. The van der Waals surface area contributed by atoms with E-state index in [4.69, 9.17) is 11.6 Å². The SMILES string of the molecule is CCn1ccnc(NCc2ccc(F)c(Cl)c2)c1=O. The van der Waals surface area contributed by atoms with Crippen LogP contribution in [-0.2, 0) is 13.1 Å². The maximum atomic E-state index is 13.0. The molecule has 0 bridgehead atoms. The molecule has 0 aliphatic rings. The quantitative estimate of drug-likeness (QED) is 0.937. The van der Waals surface area contributed by atoms with Gasteiger partial charge in [-0.15, -0.1) is 0 Å². The second-order valence-electron chi connectivity index (χ2n) is 3.97. The second-order valence-corrected chi connectivity index (χ2v) is 4.38. The van der Waals surface area contributed by atoms with E-state index in [1.54, 1.807) is 23.0 Å². The molecule has 19 heavy (non-hydrogen) atoms. The Bertz CT molecular complexity index is 642. The fourth-order valence-electron chi connectivity index (χ4n) is 1.65. The predicted octanol–water partition coefficient (Wildman–Crippen LogP) is 2.67. The molecule has 6 heteroatoms. The van der Waals surface area contributed by atoms with Crippen LogP contribution < -0.4 is 10.9 Å². The molecule has 100 valence electrons. The van der Waals surface area contributed by atoms with Gasteiger partial charge in [-0.25, -0.2) is 9.37 Å². The number of hydrogen-bond acceptors (Lipinski definition) is 3. The van der Waals surface area contributed by atoms with Gasteiger partial charge in [0.1, 0.15) is 5.82 Å². The molecule has 0 aliphatic carbocycles. The predicted molar refractivity (Wildman–Crippen MR) is 72.9 cm³/mol. The van der Waals surface area contributed by atoms with E-state index in [9.17, 15) is 9.18 Å². The van der Waals surface area contributed by atoms with Crippen molar-refractivity contribution in [1.29, 1.82) is 0 Å². The highest BCUT2D eigenvalue weighted by molar-refractivity contribution is 6.30. The van der Waals surface area contributed by atoms with Gasteiger partial charge in [-0.05, 0) is 24.6 Å². The van der Waals surface area contributed by atoms with Gasteiger partial charge in [0.2, 0.25) is 0 Å². The molecule has 1 aromatic heterocycles. The van der Waals surface area contributed by atoms with E-state index in [2.05, 4.69) is 10.3 Å². The van der Waals surface area contributed by atoms with Crippen LogP contribution in [0.2, 0.25) is 5.02 Å². The van der Waals surface area contributed by atoms with Crippen LogP contribution in [-0.4, -0.2) is 9.55 Å². The summed E-state index contributed by atoms with van der Waals surface area (Å²) in [5, 5.41) is 2.99. The highest BCUT2D eigenvalue weighted by Gasteiger charge is 2.05. The zero-order valence-corrected chi connectivity index (χ0v) is 11.1. The smallest absolute Gasteiger partial charge is 0.293 e. The van der Waals surface area contributed by atoms with Gasteiger partial charge in [-0.3, -0.25) is 4.79 Å². The normalized spacial score (nSPS) is 10.5. The van der Waals surface area contributed by atoms with Crippen LogP contribution in [0.1, 0.15) is 12.5 Å². The van der Waals surface area contributed by atoms with Crippen molar-refractivity contribution in [2.45, 2.75) is 20.0 Å². The Hall–Kier alpha value is -1.88. The Morgan fingerprint density at radius 2 is 2.26 bits per heavy atom. The Kier molecular flexibility index (Phi) is 4.16. The molecule has 0 atom stereocenters. The number of anilines is 1. The minimum Gasteiger partial charge on any atom is -0.361 e. The van der Waals surface area contributed by atoms with Crippen LogP contribution in [0.25, 0.3) is 0 Å². The Morgan fingerprint density at radius 3 is 2.95 bits per heavy atom. The van der Waals surface area contributed by atoms with Gasteiger partial charge < -0.3 is 9.88 Å². The summed E-state index contributed by atoms with van der Waals surface area (Å²) in [5.74, 6) is -0.193. The maximum absolute atomic E-state index is 13.0. The summed E-state index contributed by atoms with van der Waals surface area (Å²) < 4.78 is 14.6. The highest BCUT2D eigenvalue weighted by atomic mass is 35.5. The van der Waals surface area contributed by atoms with Crippen LogP contribution in [0.5, 0.6) is 0 Å². The van der Waals surface area contributed by atoms with Crippen molar-refractivity contribution in [3.05, 3.63) is 57.3 Å². The van der Waals surface area contributed by atoms with Crippen molar-refractivity contribution in [3.63, 3.8) is 0 Å². The standard InChI is InChI=1S/C13H13ClFN3O/c1-2-18-6-5-16-12(13(18)19)17-8-9-3-4-11(15)10(14)7-9/h3-7H,2,8H2,1H3,(H,16,17). The molecule has 1 heterocycles. The minimum atomic E-state index is -0.461. The summed E-state index contributed by atoms with van der Waals surface area (Å²) in [6, 6.07) is 4.42. The number of aryl methyl sites for hydroxylation is 1. The number of benzene rings is 1. The third-order valence-electron chi connectivity index (χ3n) is 2.70.